The average Bonchev–Trinajstić information content (AvgIpc) is 3.19. The van der Waals surface area contributed by atoms with Crippen LogP contribution in [0, 0.1) is 18.6 Å². The number of nitrogen functional groups attached to an aromatic ring is 1. The number of carbonyl (C=O) groups is 1. The smallest absolute Gasteiger partial charge is 0.273 e. The van der Waals surface area contributed by atoms with Crippen LogP contribution in [0.5, 0.6) is 0 Å². The molecule has 0 bridgehead atoms. The van der Waals surface area contributed by atoms with Crippen molar-refractivity contribution in [1.29, 1.82) is 0 Å². The predicted octanol–water partition coefficient (Wildman–Crippen LogP) is 4.62. The van der Waals surface area contributed by atoms with E-state index in [1.165, 1.54) is 0 Å². The molecule has 1 aliphatic rings. The van der Waals surface area contributed by atoms with Crippen LogP contribution in [0.2, 0.25) is 0 Å². The molecule has 0 spiro atoms. The van der Waals surface area contributed by atoms with Gasteiger partial charge < -0.3 is 10.6 Å². The van der Waals surface area contributed by atoms with Crippen molar-refractivity contribution in [2.24, 2.45) is 0 Å². The number of nitrogens with two attached hydrogens (primary N) is 1. The highest BCUT2D eigenvalue weighted by Crippen LogP contribution is 2.31. The maximum atomic E-state index is 13.9. The molecule has 0 aliphatic carbocycles. The summed E-state index contributed by atoms with van der Waals surface area (Å²) >= 11 is 0. The molecule has 7 heteroatoms. The second-order valence-corrected chi connectivity index (χ2v) is 7.67. The predicted molar refractivity (Wildman–Crippen MR) is 114 cm³/mol. The lowest BCUT2D eigenvalue weighted by molar-refractivity contribution is 0.0747. The highest BCUT2D eigenvalue weighted by atomic mass is 19.2. The third kappa shape index (κ3) is 3.28. The lowest BCUT2D eigenvalue weighted by atomic mass is 9.98. The van der Waals surface area contributed by atoms with E-state index in [-0.39, 0.29) is 17.5 Å². The van der Waals surface area contributed by atoms with Crippen molar-refractivity contribution in [1.82, 2.24) is 14.9 Å². The van der Waals surface area contributed by atoms with Crippen LogP contribution in [0.1, 0.15) is 27.2 Å². The van der Waals surface area contributed by atoms with Gasteiger partial charge in [-0.1, -0.05) is 30.3 Å². The number of rotatable bonds is 2. The van der Waals surface area contributed by atoms with Gasteiger partial charge in [0.1, 0.15) is 5.69 Å². The number of hydrogen-bond donors (Lipinski definition) is 1. The van der Waals surface area contributed by atoms with Crippen molar-refractivity contribution in [3.05, 3.63) is 88.6 Å². The molecule has 0 saturated heterocycles. The first kappa shape index (κ1) is 19.1. The molecule has 0 radical (unpaired) electrons. The number of carbonyl (C=O) groups excluding carboxylic acids is 1. The van der Waals surface area contributed by atoms with Crippen LogP contribution in [-0.2, 0) is 13.1 Å². The fourth-order valence-electron chi connectivity index (χ4n) is 4.06. The molecule has 3 aromatic carbocycles. The van der Waals surface area contributed by atoms with Crippen molar-refractivity contribution < 1.29 is 13.6 Å². The van der Waals surface area contributed by atoms with E-state index < -0.39 is 11.6 Å². The number of aromatic nitrogens is 2. The normalized spacial score (nSPS) is 12.9. The molecular formula is C24H18F2N4O. The minimum Gasteiger partial charge on any atom is -0.368 e. The van der Waals surface area contributed by atoms with Gasteiger partial charge in [-0.15, -0.1) is 0 Å². The Labute approximate surface area is 177 Å². The van der Waals surface area contributed by atoms with Crippen LogP contribution in [0.3, 0.4) is 0 Å². The number of nitrogens with zero attached hydrogens (tertiary/aromatic N) is 3. The molecule has 0 unspecified atom stereocenters. The Kier molecular flexibility index (Phi) is 4.39. The molecule has 4 aromatic rings. The van der Waals surface area contributed by atoms with E-state index in [1.54, 1.807) is 30.0 Å². The number of hydrogen-bond acceptors (Lipinski definition) is 4. The van der Waals surface area contributed by atoms with Gasteiger partial charge in [0.15, 0.2) is 11.6 Å². The van der Waals surface area contributed by atoms with E-state index in [2.05, 4.69) is 9.97 Å². The summed E-state index contributed by atoms with van der Waals surface area (Å²) in [6, 6.07) is 15.4. The molecule has 2 heterocycles. The van der Waals surface area contributed by atoms with E-state index in [1.807, 2.05) is 24.3 Å². The zero-order valence-corrected chi connectivity index (χ0v) is 16.7. The van der Waals surface area contributed by atoms with Crippen molar-refractivity contribution in [2.75, 3.05) is 5.73 Å². The van der Waals surface area contributed by atoms with Gasteiger partial charge in [0, 0.05) is 18.5 Å². The summed E-state index contributed by atoms with van der Waals surface area (Å²) in [4.78, 5) is 23.5. The second-order valence-electron chi connectivity index (χ2n) is 7.67. The molecule has 0 saturated carbocycles. The first-order valence-corrected chi connectivity index (χ1v) is 9.80. The largest absolute Gasteiger partial charge is 0.368 e. The lowest BCUT2D eigenvalue weighted by Crippen LogP contribution is -2.27. The number of anilines is 1. The first-order chi connectivity index (χ1) is 14.9. The van der Waals surface area contributed by atoms with Crippen molar-refractivity contribution in [3.8, 4) is 11.1 Å². The number of amides is 1. The monoisotopic (exact) mass is 416 g/mol. The summed E-state index contributed by atoms with van der Waals surface area (Å²) in [5.41, 5.74) is 10.5. The standard InChI is InChI=1S/C24H18F2N4O/c1-13-8-19(25)20(26)10-17(13)14-6-7-21-18(9-14)22(29-24(27)28-21)23(31)30-11-15-4-2-3-5-16(15)12-30/h2-10H,11-12H2,1H3,(H2,27,28,29). The highest BCUT2D eigenvalue weighted by Gasteiger charge is 2.27. The second kappa shape index (κ2) is 7.12. The van der Waals surface area contributed by atoms with Crippen LogP contribution in [-0.4, -0.2) is 20.8 Å². The highest BCUT2D eigenvalue weighted by molar-refractivity contribution is 6.05. The summed E-state index contributed by atoms with van der Waals surface area (Å²) in [7, 11) is 0. The number of aryl methyl sites for hydroxylation is 1. The third-order valence-electron chi connectivity index (χ3n) is 5.62. The molecule has 1 aliphatic heterocycles. The van der Waals surface area contributed by atoms with Crippen LogP contribution >= 0.6 is 0 Å². The number of fused-ring (bicyclic) bond motifs is 2. The Balaban J connectivity index is 1.61. The van der Waals surface area contributed by atoms with E-state index in [9.17, 15) is 13.6 Å². The van der Waals surface area contributed by atoms with Crippen LogP contribution in [0.4, 0.5) is 14.7 Å². The van der Waals surface area contributed by atoms with Crippen molar-refractivity contribution in [3.63, 3.8) is 0 Å². The molecule has 2 N–H and O–H groups in total. The summed E-state index contributed by atoms with van der Waals surface area (Å²) in [5, 5.41) is 0.511. The average molecular weight is 416 g/mol. The van der Waals surface area contributed by atoms with Gasteiger partial charge in [-0.25, -0.2) is 18.7 Å². The summed E-state index contributed by atoms with van der Waals surface area (Å²) in [6.45, 7) is 2.68. The van der Waals surface area contributed by atoms with Gasteiger partial charge in [-0.3, -0.25) is 4.79 Å². The Morgan fingerprint density at radius 3 is 2.35 bits per heavy atom. The van der Waals surface area contributed by atoms with Gasteiger partial charge >= 0.3 is 0 Å². The maximum absolute atomic E-state index is 13.9. The van der Waals surface area contributed by atoms with Crippen LogP contribution < -0.4 is 5.73 Å². The molecule has 154 valence electrons. The van der Waals surface area contributed by atoms with E-state index >= 15 is 0 Å². The Morgan fingerprint density at radius 1 is 0.968 bits per heavy atom. The molecule has 0 atom stereocenters. The van der Waals surface area contributed by atoms with Gasteiger partial charge in [-0.2, -0.15) is 0 Å². The maximum Gasteiger partial charge on any atom is 0.273 e. The van der Waals surface area contributed by atoms with Crippen molar-refractivity contribution in [2.45, 2.75) is 20.0 Å². The molecule has 5 nitrogen and oxygen atoms in total. The Bertz CT molecular complexity index is 1340. The van der Waals surface area contributed by atoms with E-state index in [0.717, 1.165) is 23.3 Å². The zero-order valence-electron chi connectivity index (χ0n) is 16.7. The fourth-order valence-corrected chi connectivity index (χ4v) is 4.06. The van der Waals surface area contributed by atoms with Gasteiger partial charge in [0.2, 0.25) is 5.95 Å². The minimum atomic E-state index is -0.930. The molecule has 1 aromatic heterocycles. The van der Waals surface area contributed by atoms with Crippen LogP contribution in [0.15, 0.2) is 54.6 Å². The number of halogens is 2. The van der Waals surface area contributed by atoms with Gasteiger partial charge in [0.05, 0.1) is 5.52 Å². The molecule has 1 amide bonds. The quantitative estimate of drug-likeness (QED) is 0.518. The van der Waals surface area contributed by atoms with Gasteiger partial charge in [0.25, 0.3) is 5.91 Å². The Morgan fingerprint density at radius 2 is 1.65 bits per heavy atom. The van der Waals surface area contributed by atoms with E-state index in [4.69, 9.17) is 5.73 Å². The molecule has 0 fully saturated rings. The molecule has 31 heavy (non-hydrogen) atoms. The summed E-state index contributed by atoms with van der Waals surface area (Å²) < 4.78 is 27.4. The summed E-state index contributed by atoms with van der Waals surface area (Å²) in [6.07, 6.45) is 0. The van der Waals surface area contributed by atoms with E-state index in [0.29, 0.717) is 40.7 Å². The van der Waals surface area contributed by atoms with Crippen LogP contribution in [0.25, 0.3) is 22.0 Å². The summed E-state index contributed by atoms with van der Waals surface area (Å²) in [5.74, 6) is -2.08. The zero-order chi connectivity index (χ0) is 21.7. The SMILES string of the molecule is Cc1cc(F)c(F)cc1-c1ccc2nc(N)nc(C(=O)N3Cc4ccccc4C3)c2c1. The minimum absolute atomic E-state index is 0.00400. The third-order valence-corrected chi connectivity index (χ3v) is 5.62. The Hall–Kier alpha value is -3.87. The van der Waals surface area contributed by atoms with Gasteiger partial charge in [-0.05, 0) is 59.0 Å². The first-order valence-electron chi connectivity index (χ1n) is 9.80. The lowest BCUT2D eigenvalue weighted by Gasteiger charge is -2.17. The van der Waals surface area contributed by atoms with Crippen molar-refractivity contribution >= 4 is 22.8 Å². The fraction of sp³-hybridized carbons (Fsp3) is 0.125. The topological polar surface area (TPSA) is 72.1 Å². The molecular weight excluding hydrogens is 398 g/mol. The number of benzene rings is 3. The molecule has 5 rings (SSSR count).